The van der Waals surface area contributed by atoms with E-state index < -0.39 is 0 Å². The van der Waals surface area contributed by atoms with E-state index in [4.69, 9.17) is 12.2 Å². The summed E-state index contributed by atoms with van der Waals surface area (Å²) >= 11 is 5.37. The quantitative estimate of drug-likeness (QED) is 0.753. The van der Waals surface area contributed by atoms with Gasteiger partial charge in [0.05, 0.1) is 6.42 Å². The largest absolute Gasteiger partial charge is 0.362 e. The summed E-state index contributed by atoms with van der Waals surface area (Å²) in [5.74, 6) is -0.272. The van der Waals surface area contributed by atoms with E-state index in [2.05, 4.69) is 31.4 Å². The number of amides is 1. The number of benzene rings is 2. The van der Waals surface area contributed by atoms with Crippen molar-refractivity contribution < 1.29 is 9.18 Å². The molecule has 0 spiro atoms. The number of fused-ring (bicyclic) bond motifs is 1. The number of carbonyl (C=O) groups is 1. The molecule has 1 aliphatic heterocycles. The minimum Gasteiger partial charge on any atom is -0.362 e. The number of hydrogen-bond donors (Lipinski definition) is 2. The lowest BCUT2D eigenvalue weighted by molar-refractivity contribution is -0.117. The molecule has 0 aromatic heterocycles. The summed E-state index contributed by atoms with van der Waals surface area (Å²) in [6.45, 7) is 7.89. The first-order chi connectivity index (χ1) is 13.2. The van der Waals surface area contributed by atoms with Crippen molar-refractivity contribution in [3.8, 4) is 0 Å². The van der Waals surface area contributed by atoms with Crippen LogP contribution in [0.5, 0.6) is 0 Å². The van der Waals surface area contributed by atoms with E-state index in [9.17, 15) is 9.18 Å². The zero-order chi connectivity index (χ0) is 20.3. The monoisotopic (exact) mass is 399 g/mol. The van der Waals surface area contributed by atoms with E-state index in [1.54, 1.807) is 17.0 Å². The highest BCUT2D eigenvalue weighted by Gasteiger charge is 2.25. The van der Waals surface area contributed by atoms with Crippen LogP contribution in [0.2, 0.25) is 0 Å². The standard InChI is InChI=1S/C22H26FN3OS/c1-22(2,3)14-24-21(28)25-18-8-9-19-16(13-18)10-11-26(19)20(27)12-15-4-6-17(23)7-5-15/h4-9,13H,10-12,14H2,1-3H3,(H2,24,25,28). The number of carbonyl (C=O) groups excluding carboxylic acids is 1. The van der Waals surface area contributed by atoms with E-state index >= 15 is 0 Å². The van der Waals surface area contributed by atoms with Gasteiger partial charge >= 0.3 is 0 Å². The van der Waals surface area contributed by atoms with Gasteiger partial charge in [-0.3, -0.25) is 4.79 Å². The maximum absolute atomic E-state index is 13.0. The van der Waals surface area contributed by atoms with Crippen LogP contribution in [-0.2, 0) is 17.6 Å². The van der Waals surface area contributed by atoms with Crippen molar-refractivity contribution in [2.45, 2.75) is 33.6 Å². The van der Waals surface area contributed by atoms with Gasteiger partial charge in [-0.15, -0.1) is 0 Å². The van der Waals surface area contributed by atoms with Gasteiger partial charge in [-0.2, -0.15) is 0 Å². The molecular formula is C22H26FN3OS. The SMILES string of the molecule is CC(C)(C)CNC(=S)Nc1ccc2c(c1)CCN2C(=O)Cc1ccc(F)cc1. The van der Waals surface area contributed by atoms with Crippen molar-refractivity contribution in [2.75, 3.05) is 23.3 Å². The molecule has 148 valence electrons. The number of anilines is 2. The van der Waals surface area contributed by atoms with Crippen LogP contribution < -0.4 is 15.5 Å². The molecule has 6 heteroatoms. The Balaban J connectivity index is 1.63. The first-order valence-electron chi connectivity index (χ1n) is 9.44. The Morgan fingerprint density at radius 1 is 1.18 bits per heavy atom. The minimum atomic E-state index is -0.294. The molecule has 3 rings (SSSR count). The predicted molar refractivity (Wildman–Crippen MR) is 116 cm³/mol. The first-order valence-corrected chi connectivity index (χ1v) is 9.85. The van der Waals surface area contributed by atoms with Crippen LogP contribution in [0, 0.1) is 11.2 Å². The molecule has 4 nitrogen and oxygen atoms in total. The Bertz CT molecular complexity index is 874. The maximum Gasteiger partial charge on any atom is 0.231 e. The second-order valence-corrected chi connectivity index (χ2v) is 8.72. The summed E-state index contributed by atoms with van der Waals surface area (Å²) in [5, 5.41) is 7.04. The van der Waals surface area contributed by atoms with Crippen molar-refractivity contribution in [1.29, 1.82) is 0 Å². The molecule has 0 unspecified atom stereocenters. The third kappa shape index (κ3) is 5.29. The predicted octanol–water partition coefficient (Wildman–Crippen LogP) is 4.29. The van der Waals surface area contributed by atoms with Gasteiger partial charge in [0.1, 0.15) is 5.82 Å². The molecule has 0 atom stereocenters. The molecule has 1 amide bonds. The maximum atomic E-state index is 13.0. The van der Waals surface area contributed by atoms with Crippen LogP contribution in [0.4, 0.5) is 15.8 Å². The fourth-order valence-electron chi connectivity index (χ4n) is 3.13. The van der Waals surface area contributed by atoms with Crippen LogP contribution >= 0.6 is 12.2 Å². The fraction of sp³-hybridized carbons (Fsp3) is 0.364. The van der Waals surface area contributed by atoms with Crippen LogP contribution in [0.1, 0.15) is 31.9 Å². The third-order valence-electron chi connectivity index (χ3n) is 4.58. The van der Waals surface area contributed by atoms with Gasteiger partial charge in [-0.25, -0.2) is 4.39 Å². The average Bonchev–Trinajstić information content (AvgIpc) is 3.05. The van der Waals surface area contributed by atoms with Crippen molar-refractivity contribution in [2.24, 2.45) is 5.41 Å². The first kappa shape index (κ1) is 20.3. The number of nitrogens with zero attached hydrogens (tertiary/aromatic N) is 1. The van der Waals surface area contributed by atoms with Crippen LogP contribution in [0.15, 0.2) is 42.5 Å². The van der Waals surface area contributed by atoms with Crippen molar-refractivity contribution in [1.82, 2.24) is 5.32 Å². The number of nitrogens with one attached hydrogen (secondary N) is 2. The molecule has 0 saturated heterocycles. The Morgan fingerprint density at radius 2 is 1.89 bits per heavy atom. The molecular weight excluding hydrogens is 373 g/mol. The number of thiocarbonyl (C=S) groups is 1. The minimum absolute atomic E-state index is 0.0217. The molecule has 2 N–H and O–H groups in total. The van der Waals surface area contributed by atoms with Crippen LogP contribution in [-0.4, -0.2) is 24.1 Å². The summed E-state index contributed by atoms with van der Waals surface area (Å²) in [6, 6.07) is 12.0. The highest BCUT2D eigenvalue weighted by Crippen LogP contribution is 2.31. The zero-order valence-electron chi connectivity index (χ0n) is 16.5. The average molecular weight is 400 g/mol. The molecule has 28 heavy (non-hydrogen) atoms. The van der Waals surface area contributed by atoms with Crippen LogP contribution in [0.25, 0.3) is 0 Å². The molecule has 0 fully saturated rings. The summed E-state index contributed by atoms with van der Waals surface area (Å²) in [4.78, 5) is 14.5. The third-order valence-corrected chi connectivity index (χ3v) is 4.83. The Morgan fingerprint density at radius 3 is 2.57 bits per heavy atom. The molecule has 1 heterocycles. The van der Waals surface area contributed by atoms with E-state index in [0.717, 1.165) is 35.5 Å². The zero-order valence-corrected chi connectivity index (χ0v) is 17.3. The van der Waals surface area contributed by atoms with Gasteiger partial charge in [0.15, 0.2) is 5.11 Å². The second kappa shape index (κ2) is 8.27. The van der Waals surface area contributed by atoms with Crippen molar-refractivity contribution in [3.05, 3.63) is 59.4 Å². The lowest BCUT2D eigenvalue weighted by Crippen LogP contribution is -2.35. The normalized spacial score (nSPS) is 13.2. The molecule has 2 aromatic rings. The Labute approximate surface area is 171 Å². The Kier molecular flexibility index (Phi) is 5.98. The van der Waals surface area contributed by atoms with E-state index in [0.29, 0.717) is 11.7 Å². The Hall–Kier alpha value is -2.47. The van der Waals surface area contributed by atoms with Gasteiger partial charge in [0, 0.05) is 24.5 Å². The van der Waals surface area contributed by atoms with Gasteiger partial charge in [0.25, 0.3) is 0 Å². The lowest BCUT2D eigenvalue weighted by Gasteiger charge is -2.21. The number of hydrogen-bond acceptors (Lipinski definition) is 2. The van der Waals surface area contributed by atoms with Gasteiger partial charge in [-0.1, -0.05) is 32.9 Å². The lowest BCUT2D eigenvalue weighted by atomic mass is 9.97. The molecule has 0 bridgehead atoms. The summed E-state index contributed by atoms with van der Waals surface area (Å²) < 4.78 is 13.0. The highest BCUT2D eigenvalue weighted by atomic mass is 32.1. The molecule has 2 aromatic carbocycles. The summed E-state index contributed by atoms with van der Waals surface area (Å²) in [6.07, 6.45) is 1.07. The van der Waals surface area contributed by atoms with Gasteiger partial charge in [0.2, 0.25) is 5.91 Å². The van der Waals surface area contributed by atoms with Gasteiger partial charge in [-0.05, 0) is 65.5 Å². The van der Waals surface area contributed by atoms with E-state index in [1.165, 1.54) is 12.1 Å². The molecule has 0 saturated carbocycles. The fourth-order valence-corrected chi connectivity index (χ4v) is 3.32. The number of halogens is 1. The van der Waals surface area contributed by atoms with Crippen molar-refractivity contribution in [3.63, 3.8) is 0 Å². The molecule has 0 aliphatic carbocycles. The molecule has 0 radical (unpaired) electrons. The van der Waals surface area contributed by atoms with Gasteiger partial charge < -0.3 is 15.5 Å². The van der Waals surface area contributed by atoms with E-state index in [-0.39, 0.29) is 23.6 Å². The van der Waals surface area contributed by atoms with Crippen LogP contribution in [0.3, 0.4) is 0 Å². The topological polar surface area (TPSA) is 44.4 Å². The smallest absolute Gasteiger partial charge is 0.231 e. The number of rotatable bonds is 4. The highest BCUT2D eigenvalue weighted by molar-refractivity contribution is 7.80. The summed E-state index contributed by atoms with van der Waals surface area (Å²) in [7, 11) is 0. The second-order valence-electron chi connectivity index (χ2n) is 8.31. The van der Waals surface area contributed by atoms with E-state index in [1.807, 2.05) is 18.2 Å². The van der Waals surface area contributed by atoms with Crippen molar-refractivity contribution >= 4 is 34.6 Å². The molecule has 1 aliphatic rings. The summed E-state index contributed by atoms with van der Waals surface area (Å²) in [5.41, 5.74) is 3.93.